The van der Waals surface area contributed by atoms with Crippen molar-refractivity contribution in [2.45, 2.75) is 0 Å². The molecule has 1 aromatic carbocycles. The van der Waals surface area contributed by atoms with Gasteiger partial charge in [-0.2, -0.15) is 0 Å². The standard InChI is InChI=1S/C13H15ClN6O3/c1-19(2)18-13-11(20(21)22)12(15-7-16-13)17-9-6-8(14)4-5-10(9)23-3/h4-7H,1-3H3,(H2,15,16,17,18). The number of nitro groups is 1. The Hall–Kier alpha value is -2.65. The van der Waals surface area contributed by atoms with Crippen LogP contribution in [0.4, 0.5) is 23.0 Å². The monoisotopic (exact) mass is 338 g/mol. The molecule has 1 heterocycles. The van der Waals surface area contributed by atoms with E-state index in [0.717, 1.165) is 0 Å². The maximum Gasteiger partial charge on any atom is 0.354 e. The van der Waals surface area contributed by atoms with E-state index < -0.39 is 4.92 Å². The van der Waals surface area contributed by atoms with Gasteiger partial charge in [-0.05, 0) is 18.2 Å². The van der Waals surface area contributed by atoms with E-state index in [9.17, 15) is 10.1 Å². The zero-order chi connectivity index (χ0) is 17.0. The molecule has 0 fully saturated rings. The highest BCUT2D eigenvalue weighted by molar-refractivity contribution is 6.31. The second-order valence-corrected chi connectivity index (χ2v) is 5.09. The minimum Gasteiger partial charge on any atom is -0.495 e. The first-order valence-electron chi connectivity index (χ1n) is 6.46. The van der Waals surface area contributed by atoms with Crippen molar-refractivity contribution in [1.29, 1.82) is 0 Å². The average molecular weight is 339 g/mol. The van der Waals surface area contributed by atoms with Crippen LogP contribution in [0.15, 0.2) is 24.5 Å². The molecule has 0 aliphatic heterocycles. The summed E-state index contributed by atoms with van der Waals surface area (Å²) >= 11 is 5.96. The Bertz CT molecular complexity index is 725. The molecule has 9 nitrogen and oxygen atoms in total. The van der Waals surface area contributed by atoms with E-state index in [1.165, 1.54) is 13.4 Å². The predicted octanol–water partition coefficient (Wildman–Crippen LogP) is 2.68. The zero-order valence-electron chi connectivity index (χ0n) is 12.7. The molecule has 0 spiro atoms. The van der Waals surface area contributed by atoms with Gasteiger partial charge in [0.05, 0.1) is 17.7 Å². The number of anilines is 3. The second kappa shape index (κ2) is 7.07. The molecule has 2 N–H and O–H groups in total. The molecule has 0 amide bonds. The largest absolute Gasteiger partial charge is 0.495 e. The lowest BCUT2D eigenvalue weighted by Gasteiger charge is -2.15. The van der Waals surface area contributed by atoms with E-state index in [1.807, 2.05) is 0 Å². The van der Waals surface area contributed by atoms with Gasteiger partial charge < -0.3 is 10.1 Å². The van der Waals surface area contributed by atoms with Gasteiger partial charge in [0, 0.05) is 19.1 Å². The molecule has 0 aliphatic rings. The lowest BCUT2D eigenvalue weighted by molar-refractivity contribution is -0.383. The third-order valence-electron chi connectivity index (χ3n) is 2.75. The molecule has 0 aliphatic carbocycles. The third-order valence-corrected chi connectivity index (χ3v) is 2.98. The Morgan fingerprint density at radius 3 is 2.61 bits per heavy atom. The minimum atomic E-state index is -0.564. The summed E-state index contributed by atoms with van der Waals surface area (Å²) < 4.78 is 5.21. The van der Waals surface area contributed by atoms with Crippen molar-refractivity contribution in [3.8, 4) is 5.75 Å². The van der Waals surface area contributed by atoms with Crippen LogP contribution in [-0.2, 0) is 0 Å². The van der Waals surface area contributed by atoms with E-state index in [1.54, 1.807) is 37.3 Å². The summed E-state index contributed by atoms with van der Waals surface area (Å²) in [5, 5.41) is 16.3. The molecule has 2 rings (SSSR count). The Balaban J connectivity index is 2.48. The molecule has 10 heteroatoms. The van der Waals surface area contributed by atoms with Gasteiger partial charge in [0.15, 0.2) is 0 Å². The van der Waals surface area contributed by atoms with Crippen LogP contribution in [0.25, 0.3) is 0 Å². The van der Waals surface area contributed by atoms with Crippen LogP contribution in [0.1, 0.15) is 0 Å². The summed E-state index contributed by atoms with van der Waals surface area (Å²) in [6.07, 6.45) is 1.22. The van der Waals surface area contributed by atoms with Crippen LogP contribution in [0.2, 0.25) is 5.02 Å². The molecule has 23 heavy (non-hydrogen) atoms. The summed E-state index contributed by atoms with van der Waals surface area (Å²) in [5.41, 5.74) is 2.93. The number of hydrogen-bond acceptors (Lipinski definition) is 8. The van der Waals surface area contributed by atoms with Crippen LogP contribution in [0, 0.1) is 10.1 Å². The van der Waals surface area contributed by atoms with Crippen molar-refractivity contribution in [2.75, 3.05) is 31.9 Å². The smallest absolute Gasteiger partial charge is 0.354 e. The number of aromatic nitrogens is 2. The molecule has 1 aromatic heterocycles. The fourth-order valence-electron chi connectivity index (χ4n) is 1.84. The lowest BCUT2D eigenvalue weighted by Crippen LogP contribution is -2.21. The molecular weight excluding hydrogens is 324 g/mol. The van der Waals surface area contributed by atoms with Gasteiger partial charge in [0.1, 0.15) is 12.1 Å². The van der Waals surface area contributed by atoms with Gasteiger partial charge >= 0.3 is 5.69 Å². The number of rotatable bonds is 6. The molecule has 0 atom stereocenters. The van der Waals surface area contributed by atoms with Crippen molar-refractivity contribution in [3.05, 3.63) is 39.7 Å². The first kappa shape index (κ1) is 16.7. The van der Waals surface area contributed by atoms with Gasteiger partial charge in [-0.3, -0.25) is 15.5 Å². The summed E-state index contributed by atoms with van der Waals surface area (Å²) in [4.78, 5) is 18.7. The van der Waals surface area contributed by atoms with E-state index in [2.05, 4.69) is 20.7 Å². The Morgan fingerprint density at radius 2 is 2.00 bits per heavy atom. The number of methoxy groups -OCH3 is 1. The zero-order valence-corrected chi connectivity index (χ0v) is 13.5. The quantitative estimate of drug-likeness (QED) is 0.611. The first-order valence-corrected chi connectivity index (χ1v) is 6.84. The van der Waals surface area contributed by atoms with E-state index in [-0.39, 0.29) is 17.3 Å². The highest BCUT2D eigenvalue weighted by Crippen LogP contribution is 2.35. The Kier molecular flexibility index (Phi) is 5.14. The van der Waals surface area contributed by atoms with Gasteiger partial charge in [0.25, 0.3) is 0 Å². The van der Waals surface area contributed by atoms with E-state index in [4.69, 9.17) is 16.3 Å². The molecular formula is C13H15ClN6O3. The average Bonchev–Trinajstić information content (AvgIpc) is 2.46. The fourth-order valence-corrected chi connectivity index (χ4v) is 2.01. The number of hydrazine groups is 1. The normalized spacial score (nSPS) is 10.5. The number of benzene rings is 1. The maximum absolute atomic E-state index is 11.4. The van der Waals surface area contributed by atoms with Crippen LogP contribution < -0.4 is 15.5 Å². The number of nitrogens with one attached hydrogen (secondary N) is 2. The van der Waals surface area contributed by atoms with Crippen molar-refractivity contribution >= 4 is 34.6 Å². The fraction of sp³-hybridized carbons (Fsp3) is 0.231. The number of halogens is 1. The van der Waals surface area contributed by atoms with Crippen molar-refractivity contribution in [3.63, 3.8) is 0 Å². The van der Waals surface area contributed by atoms with Crippen LogP contribution in [-0.4, -0.2) is 41.1 Å². The molecule has 0 saturated heterocycles. The lowest BCUT2D eigenvalue weighted by atomic mass is 10.3. The highest BCUT2D eigenvalue weighted by atomic mass is 35.5. The van der Waals surface area contributed by atoms with Crippen molar-refractivity contribution in [2.24, 2.45) is 0 Å². The molecule has 0 radical (unpaired) electrons. The summed E-state index contributed by atoms with van der Waals surface area (Å²) in [7, 11) is 4.87. The molecule has 2 aromatic rings. The number of ether oxygens (including phenoxy) is 1. The molecule has 122 valence electrons. The topological polar surface area (TPSA) is 105 Å². The second-order valence-electron chi connectivity index (χ2n) is 4.65. The Labute approximate surface area is 137 Å². The summed E-state index contributed by atoms with van der Waals surface area (Å²) in [6, 6.07) is 4.89. The van der Waals surface area contributed by atoms with Crippen molar-refractivity contribution in [1.82, 2.24) is 15.0 Å². The molecule has 0 unspecified atom stereocenters. The first-order chi connectivity index (χ1) is 10.9. The molecule has 0 saturated carbocycles. The molecule has 0 bridgehead atoms. The van der Waals surface area contributed by atoms with Crippen molar-refractivity contribution < 1.29 is 9.66 Å². The van der Waals surface area contributed by atoms with Gasteiger partial charge in [-0.25, -0.2) is 15.0 Å². The maximum atomic E-state index is 11.4. The predicted molar refractivity (Wildman–Crippen MR) is 87.3 cm³/mol. The minimum absolute atomic E-state index is 0.0231. The van der Waals surface area contributed by atoms with Crippen LogP contribution in [0.3, 0.4) is 0 Å². The summed E-state index contributed by atoms with van der Waals surface area (Å²) in [6.45, 7) is 0. The summed E-state index contributed by atoms with van der Waals surface area (Å²) in [5.74, 6) is 0.567. The highest BCUT2D eigenvalue weighted by Gasteiger charge is 2.24. The third kappa shape index (κ3) is 3.96. The number of nitrogens with zero attached hydrogens (tertiary/aromatic N) is 4. The van der Waals surface area contributed by atoms with Gasteiger partial charge in [-0.15, -0.1) is 0 Å². The van der Waals surface area contributed by atoms with E-state index in [0.29, 0.717) is 16.5 Å². The van der Waals surface area contributed by atoms with Crippen LogP contribution in [0.5, 0.6) is 5.75 Å². The SMILES string of the molecule is COc1ccc(Cl)cc1Nc1ncnc(NN(C)C)c1[N+](=O)[O-]. The van der Waals surface area contributed by atoms with Gasteiger partial charge in [-0.1, -0.05) is 11.6 Å². The number of hydrogen-bond donors (Lipinski definition) is 2. The van der Waals surface area contributed by atoms with Gasteiger partial charge in [0.2, 0.25) is 11.6 Å². The van der Waals surface area contributed by atoms with Crippen LogP contribution >= 0.6 is 11.6 Å². The Morgan fingerprint density at radius 1 is 1.30 bits per heavy atom. The van der Waals surface area contributed by atoms with E-state index >= 15 is 0 Å².